The number of hydrogen-bond donors (Lipinski definition) is 0. The fourth-order valence-electron chi connectivity index (χ4n) is 7.27. The van der Waals surface area contributed by atoms with Crippen LogP contribution < -0.4 is 0 Å². The number of alkyl halides is 2. The van der Waals surface area contributed by atoms with E-state index in [0.29, 0.717) is 12.8 Å². The van der Waals surface area contributed by atoms with Crippen molar-refractivity contribution in [1.82, 2.24) is 0 Å². The predicted molar refractivity (Wildman–Crippen MR) is 129 cm³/mol. The lowest BCUT2D eigenvalue weighted by atomic mass is 9.63. The first kappa shape index (κ1) is 25.5. The third-order valence-electron chi connectivity index (χ3n) is 9.25. The molecule has 3 fully saturated rings. The third-order valence-corrected chi connectivity index (χ3v) is 9.25. The molecule has 0 aromatic heterocycles. The van der Waals surface area contributed by atoms with E-state index >= 15 is 8.78 Å². The molecule has 3 aliphatic rings. The summed E-state index contributed by atoms with van der Waals surface area (Å²) in [4.78, 5) is 0. The third kappa shape index (κ3) is 7.17. The summed E-state index contributed by atoms with van der Waals surface area (Å²) in [6, 6.07) is 0. The van der Waals surface area contributed by atoms with Gasteiger partial charge in [0.15, 0.2) is 0 Å². The van der Waals surface area contributed by atoms with Crippen LogP contribution in [0, 0.1) is 41.4 Å². The van der Waals surface area contributed by atoms with Crippen LogP contribution in [0.3, 0.4) is 0 Å². The standard InChI is InChI=1S/C29H50F2/c1-4-6-7-8-10-21(3)29-27(30)19-26(20-28(29)31)25-17-15-24(16-18-25)23-13-11-22(9-5-2)12-14-23/h21-22,24,26-29H,4-20H2,1-3H3. The molecule has 3 saturated carbocycles. The van der Waals surface area contributed by atoms with Crippen LogP contribution in [0.25, 0.3) is 0 Å². The molecule has 0 N–H and O–H groups in total. The van der Waals surface area contributed by atoms with Gasteiger partial charge in [-0.05, 0) is 99.7 Å². The van der Waals surface area contributed by atoms with Gasteiger partial charge in [0, 0.05) is 5.92 Å². The Morgan fingerprint density at radius 2 is 1.32 bits per heavy atom. The van der Waals surface area contributed by atoms with Gasteiger partial charge in [-0.15, -0.1) is 0 Å². The summed E-state index contributed by atoms with van der Waals surface area (Å²) in [6.45, 7) is 6.62. The van der Waals surface area contributed by atoms with Crippen LogP contribution in [0.15, 0.2) is 0 Å². The molecule has 31 heavy (non-hydrogen) atoms. The van der Waals surface area contributed by atoms with Crippen LogP contribution >= 0.6 is 0 Å². The Morgan fingerprint density at radius 3 is 1.90 bits per heavy atom. The molecule has 0 aromatic carbocycles. The lowest BCUT2D eigenvalue weighted by Crippen LogP contribution is -2.41. The van der Waals surface area contributed by atoms with Crippen molar-refractivity contribution in [3.8, 4) is 0 Å². The minimum absolute atomic E-state index is 0.183. The largest absolute Gasteiger partial charge is 0.247 e. The van der Waals surface area contributed by atoms with Crippen molar-refractivity contribution in [2.75, 3.05) is 0 Å². The maximum atomic E-state index is 15.1. The van der Waals surface area contributed by atoms with E-state index in [1.807, 2.05) is 5.92 Å². The summed E-state index contributed by atoms with van der Waals surface area (Å²) in [5, 5.41) is 0. The average Bonchev–Trinajstić information content (AvgIpc) is 2.77. The van der Waals surface area contributed by atoms with Crippen LogP contribution in [-0.2, 0) is 0 Å². The van der Waals surface area contributed by atoms with Crippen LogP contribution in [0.2, 0.25) is 0 Å². The molecule has 0 aliphatic heterocycles. The van der Waals surface area contributed by atoms with Crippen molar-refractivity contribution >= 4 is 0 Å². The van der Waals surface area contributed by atoms with Crippen molar-refractivity contribution in [3.05, 3.63) is 11.8 Å². The summed E-state index contributed by atoms with van der Waals surface area (Å²) < 4.78 is 30.3. The van der Waals surface area contributed by atoms with E-state index < -0.39 is 12.3 Å². The summed E-state index contributed by atoms with van der Waals surface area (Å²) in [6.07, 6.45) is 18.1. The Kier molecular flexibility index (Phi) is 10.6. The van der Waals surface area contributed by atoms with Crippen LogP contribution in [0.5, 0.6) is 0 Å². The summed E-state index contributed by atoms with van der Waals surface area (Å²) in [5.41, 5.74) is 0. The predicted octanol–water partition coefficient (Wildman–Crippen LogP) is 9.62. The van der Waals surface area contributed by atoms with Crippen LogP contribution in [0.4, 0.5) is 8.78 Å². The van der Waals surface area contributed by atoms with E-state index in [-0.39, 0.29) is 17.8 Å². The Bertz CT molecular complexity index is 463. The fraction of sp³-hybridized carbons (Fsp3) is 0.931. The minimum atomic E-state index is -0.941. The molecule has 3 aliphatic carbocycles. The molecule has 2 heteroatoms. The van der Waals surface area contributed by atoms with E-state index in [4.69, 9.17) is 0 Å². The van der Waals surface area contributed by atoms with Crippen molar-refractivity contribution in [2.24, 2.45) is 29.6 Å². The second-order valence-electron chi connectivity index (χ2n) is 11.4. The highest BCUT2D eigenvalue weighted by molar-refractivity contribution is 5.09. The highest BCUT2D eigenvalue weighted by atomic mass is 19.1. The smallest absolute Gasteiger partial charge is 0.106 e. The molecule has 3 atom stereocenters. The molecule has 2 radical (unpaired) electrons. The van der Waals surface area contributed by atoms with Crippen molar-refractivity contribution in [2.45, 2.75) is 142 Å². The van der Waals surface area contributed by atoms with Crippen molar-refractivity contribution in [1.29, 1.82) is 0 Å². The maximum absolute atomic E-state index is 15.1. The molecular weight excluding hydrogens is 386 g/mol. The van der Waals surface area contributed by atoms with E-state index in [0.717, 1.165) is 37.5 Å². The minimum Gasteiger partial charge on any atom is -0.247 e. The van der Waals surface area contributed by atoms with Gasteiger partial charge in [0.2, 0.25) is 0 Å². The highest BCUT2D eigenvalue weighted by Crippen LogP contribution is 2.49. The van der Waals surface area contributed by atoms with E-state index in [1.54, 1.807) is 0 Å². The van der Waals surface area contributed by atoms with Gasteiger partial charge in [-0.3, -0.25) is 0 Å². The molecule has 3 rings (SSSR count). The van der Waals surface area contributed by atoms with Gasteiger partial charge < -0.3 is 0 Å². The van der Waals surface area contributed by atoms with Crippen LogP contribution in [-0.4, -0.2) is 12.3 Å². The Morgan fingerprint density at radius 1 is 0.742 bits per heavy atom. The first-order valence-corrected chi connectivity index (χ1v) is 14.0. The van der Waals surface area contributed by atoms with E-state index in [1.165, 1.54) is 76.5 Å². The lowest BCUT2D eigenvalue weighted by Gasteiger charge is -2.43. The van der Waals surface area contributed by atoms with Crippen molar-refractivity contribution < 1.29 is 8.78 Å². The SMILES string of the molecule is CCCCCCC(C)C1C(F)CC([C]2CCC([C]3CCC(CCC)CC3)CC2)CC1F. The van der Waals surface area contributed by atoms with Gasteiger partial charge in [0.1, 0.15) is 12.3 Å². The first-order chi connectivity index (χ1) is 15.0. The number of rotatable bonds is 10. The molecule has 0 saturated heterocycles. The summed E-state index contributed by atoms with van der Waals surface area (Å²) in [7, 11) is 0. The summed E-state index contributed by atoms with van der Waals surface area (Å²) >= 11 is 0. The fourth-order valence-corrected chi connectivity index (χ4v) is 7.27. The molecular formula is C29H50F2. The zero-order valence-corrected chi connectivity index (χ0v) is 20.8. The topological polar surface area (TPSA) is 0 Å². The van der Waals surface area contributed by atoms with Gasteiger partial charge >= 0.3 is 0 Å². The van der Waals surface area contributed by atoms with E-state index in [2.05, 4.69) is 20.8 Å². The zero-order chi connectivity index (χ0) is 22.2. The average molecular weight is 437 g/mol. The molecule has 0 bridgehead atoms. The van der Waals surface area contributed by atoms with Crippen molar-refractivity contribution in [3.63, 3.8) is 0 Å². The number of hydrogen-bond acceptors (Lipinski definition) is 0. The number of unbranched alkanes of at least 4 members (excludes halogenated alkanes) is 3. The van der Waals surface area contributed by atoms with Gasteiger partial charge in [0.25, 0.3) is 0 Å². The first-order valence-electron chi connectivity index (χ1n) is 14.0. The molecule has 0 amide bonds. The monoisotopic (exact) mass is 436 g/mol. The molecule has 0 heterocycles. The summed E-state index contributed by atoms with van der Waals surface area (Å²) in [5.74, 6) is 5.14. The Labute approximate surface area is 192 Å². The van der Waals surface area contributed by atoms with Crippen LogP contribution in [0.1, 0.15) is 130 Å². The maximum Gasteiger partial charge on any atom is 0.106 e. The lowest BCUT2D eigenvalue weighted by molar-refractivity contribution is 0.0106. The molecule has 180 valence electrons. The molecule has 0 aromatic rings. The Balaban J connectivity index is 1.40. The molecule has 3 unspecified atom stereocenters. The molecule has 0 spiro atoms. The van der Waals surface area contributed by atoms with Gasteiger partial charge in [-0.25, -0.2) is 8.78 Å². The van der Waals surface area contributed by atoms with Gasteiger partial charge in [0.05, 0.1) is 0 Å². The normalized spacial score (nSPS) is 33.6. The quantitative estimate of drug-likeness (QED) is 0.299. The van der Waals surface area contributed by atoms with E-state index in [9.17, 15) is 0 Å². The second-order valence-corrected chi connectivity index (χ2v) is 11.4. The second kappa shape index (κ2) is 12.9. The Hall–Kier alpha value is -0.140. The van der Waals surface area contributed by atoms with Gasteiger partial charge in [-0.1, -0.05) is 65.7 Å². The number of halogens is 2. The van der Waals surface area contributed by atoms with Gasteiger partial charge in [-0.2, -0.15) is 0 Å². The molecule has 0 nitrogen and oxygen atoms in total. The highest BCUT2D eigenvalue weighted by Gasteiger charge is 2.44. The zero-order valence-electron chi connectivity index (χ0n) is 20.8.